The Morgan fingerprint density at radius 3 is 2.53 bits per heavy atom. The molecule has 0 aliphatic heterocycles. The molecule has 3 nitrogen and oxygen atoms in total. The van der Waals surface area contributed by atoms with E-state index in [1.165, 1.54) is 12.8 Å². The highest BCUT2D eigenvalue weighted by molar-refractivity contribution is 5.81. The molecule has 0 spiro atoms. The summed E-state index contributed by atoms with van der Waals surface area (Å²) in [5.74, 6) is 0.932. The Morgan fingerprint density at radius 1 is 1.47 bits per heavy atom. The molecule has 0 heterocycles. The minimum Gasteiger partial charge on any atom is -0.350 e. The summed E-state index contributed by atoms with van der Waals surface area (Å²) in [7, 11) is 0. The molecule has 3 heteroatoms. The molecule has 0 aromatic heterocycles. The van der Waals surface area contributed by atoms with Gasteiger partial charge < -0.3 is 10.6 Å². The van der Waals surface area contributed by atoms with Crippen molar-refractivity contribution in [3.05, 3.63) is 0 Å². The van der Waals surface area contributed by atoms with Gasteiger partial charge in [0.25, 0.3) is 0 Å². The summed E-state index contributed by atoms with van der Waals surface area (Å²) in [5, 5.41) is 6.33. The second-order valence-electron chi connectivity index (χ2n) is 5.30. The van der Waals surface area contributed by atoms with Gasteiger partial charge in [-0.1, -0.05) is 6.92 Å². The lowest BCUT2D eigenvalue weighted by atomic mass is 10.0. The topological polar surface area (TPSA) is 41.1 Å². The van der Waals surface area contributed by atoms with Crippen LogP contribution in [0.4, 0.5) is 0 Å². The van der Waals surface area contributed by atoms with Crippen LogP contribution < -0.4 is 10.6 Å². The Labute approximate surface area is 93.0 Å². The van der Waals surface area contributed by atoms with Gasteiger partial charge in [0.05, 0.1) is 6.04 Å². The van der Waals surface area contributed by atoms with Crippen molar-refractivity contribution in [1.29, 1.82) is 0 Å². The molecule has 1 aliphatic carbocycles. The van der Waals surface area contributed by atoms with Crippen LogP contribution in [-0.2, 0) is 4.79 Å². The Hall–Kier alpha value is -0.570. The van der Waals surface area contributed by atoms with E-state index in [-0.39, 0.29) is 17.5 Å². The molecule has 2 N–H and O–H groups in total. The number of rotatable bonds is 6. The highest BCUT2D eigenvalue weighted by atomic mass is 16.2. The van der Waals surface area contributed by atoms with E-state index in [2.05, 4.69) is 31.4 Å². The highest BCUT2D eigenvalue weighted by Gasteiger charge is 2.25. The maximum absolute atomic E-state index is 11.8. The second kappa shape index (κ2) is 4.97. The van der Waals surface area contributed by atoms with Crippen molar-refractivity contribution >= 4 is 5.91 Å². The Kier molecular flexibility index (Phi) is 4.14. The molecule has 1 aliphatic rings. The lowest BCUT2D eigenvalue weighted by Crippen LogP contribution is -2.50. The first kappa shape index (κ1) is 12.5. The van der Waals surface area contributed by atoms with Gasteiger partial charge in [-0.2, -0.15) is 0 Å². The molecule has 1 atom stereocenters. The monoisotopic (exact) mass is 212 g/mol. The Balaban J connectivity index is 2.24. The van der Waals surface area contributed by atoms with Crippen LogP contribution in [0.2, 0.25) is 0 Å². The van der Waals surface area contributed by atoms with E-state index in [0.717, 1.165) is 18.9 Å². The molecule has 0 aromatic carbocycles. The quantitative estimate of drug-likeness (QED) is 0.703. The zero-order valence-corrected chi connectivity index (χ0v) is 10.4. The SMILES string of the molecule is CCC(C)(C)NC(=O)C(C)NCC1CC1. The lowest BCUT2D eigenvalue weighted by Gasteiger charge is -2.26. The van der Waals surface area contributed by atoms with E-state index in [4.69, 9.17) is 0 Å². The summed E-state index contributed by atoms with van der Waals surface area (Å²) in [6.45, 7) is 9.12. The van der Waals surface area contributed by atoms with E-state index in [0.29, 0.717) is 0 Å². The molecule has 1 fully saturated rings. The van der Waals surface area contributed by atoms with Gasteiger partial charge in [0.15, 0.2) is 0 Å². The summed E-state index contributed by atoms with van der Waals surface area (Å²) in [6, 6.07) is -0.0728. The average Bonchev–Trinajstić information content (AvgIpc) is 2.97. The molecule has 1 unspecified atom stereocenters. The molecular formula is C12H24N2O. The summed E-state index contributed by atoms with van der Waals surface area (Å²) < 4.78 is 0. The van der Waals surface area contributed by atoms with Gasteiger partial charge in [0.1, 0.15) is 0 Å². The molecule has 15 heavy (non-hydrogen) atoms. The Morgan fingerprint density at radius 2 is 2.07 bits per heavy atom. The molecule has 0 aromatic rings. The lowest BCUT2D eigenvalue weighted by molar-refractivity contribution is -0.124. The fourth-order valence-corrected chi connectivity index (χ4v) is 1.29. The normalized spacial score (nSPS) is 18.7. The van der Waals surface area contributed by atoms with Crippen molar-refractivity contribution < 1.29 is 4.79 Å². The van der Waals surface area contributed by atoms with Crippen LogP contribution >= 0.6 is 0 Å². The predicted molar refractivity (Wildman–Crippen MR) is 62.7 cm³/mol. The molecule has 1 amide bonds. The van der Waals surface area contributed by atoms with Gasteiger partial charge in [-0.05, 0) is 52.5 Å². The summed E-state index contributed by atoms with van der Waals surface area (Å²) >= 11 is 0. The van der Waals surface area contributed by atoms with Crippen LogP contribution in [0.3, 0.4) is 0 Å². The number of carbonyl (C=O) groups excluding carboxylic acids is 1. The number of nitrogens with one attached hydrogen (secondary N) is 2. The maximum Gasteiger partial charge on any atom is 0.237 e. The van der Waals surface area contributed by atoms with Gasteiger partial charge in [0, 0.05) is 5.54 Å². The van der Waals surface area contributed by atoms with Gasteiger partial charge in [-0.25, -0.2) is 0 Å². The molecule has 0 radical (unpaired) electrons. The first-order chi connectivity index (χ1) is 6.94. The summed E-state index contributed by atoms with van der Waals surface area (Å²) in [5.41, 5.74) is -0.0907. The van der Waals surface area contributed by atoms with Gasteiger partial charge in [-0.3, -0.25) is 4.79 Å². The van der Waals surface area contributed by atoms with Crippen molar-refractivity contribution in [2.24, 2.45) is 5.92 Å². The molecule has 0 bridgehead atoms. The van der Waals surface area contributed by atoms with E-state index in [9.17, 15) is 4.79 Å². The molecule has 1 rings (SSSR count). The number of hydrogen-bond donors (Lipinski definition) is 2. The largest absolute Gasteiger partial charge is 0.350 e. The van der Waals surface area contributed by atoms with Crippen molar-refractivity contribution in [3.8, 4) is 0 Å². The summed E-state index contributed by atoms with van der Waals surface area (Å²) in [4.78, 5) is 11.8. The predicted octanol–water partition coefficient (Wildman–Crippen LogP) is 1.68. The standard InChI is InChI=1S/C12H24N2O/c1-5-12(3,4)14-11(15)9(2)13-8-10-6-7-10/h9-10,13H,5-8H2,1-4H3,(H,14,15). The number of hydrogen-bond acceptors (Lipinski definition) is 2. The first-order valence-corrected chi connectivity index (χ1v) is 6.00. The van der Waals surface area contributed by atoms with E-state index >= 15 is 0 Å². The number of carbonyl (C=O) groups is 1. The average molecular weight is 212 g/mol. The van der Waals surface area contributed by atoms with Gasteiger partial charge >= 0.3 is 0 Å². The maximum atomic E-state index is 11.8. The van der Waals surface area contributed by atoms with Crippen molar-refractivity contribution in [1.82, 2.24) is 10.6 Å². The Bertz CT molecular complexity index is 222. The van der Waals surface area contributed by atoms with Crippen molar-refractivity contribution in [2.75, 3.05) is 6.54 Å². The van der Waals surface area contributed by atoms with E-state index in [1.54, 1.807) is 0 Å². The summed E-state index contributed by atoms with van der Waals surface area (Å²) in [6.07, 6.45) is 3.59. The van der Waals surface area contributed by atoms with E-state index in [1.807, 2.05) is 6.92 Å². The third kappa shape index (κ3) is 4.65. The smallest absolute Gasteiger partial charge is 0.237 e. The highest BCUT2D eigenvalue weighted by Crippen LogP contribution is 2.27. The van der Waals surface area contributed by atoms with Gasteiger partial charge in [-0.15, -0.1) is 0 Å². The third-order valence-corrected chi connectivity index (χ3v) is 3.15. The van der Waals surface area contributed by atoms with E-state index < -0.39 is 0 Å². The van der Waals surface area contributed by atoms with Crippen LogP contribution in [0.1, 0.15) is 47.0 Å². The van der Waals surface area contributed by atoms with Gasteiger partial charge in [0.2, 0.25) is 5.91 Å². The zero-order valence-electron chi connectivity index (χ0n) is 10.4. The minimum absolute atomic E-state index is 0.0728. The molecule has 88 valence electrons. The fourth-order valence-electron chi connectivity index (χ4n) is 1.29. The second-order valence-corrected chi connectivity index (χ2v) is 5.30. The van der Waals surface area contributed by atoms with Crippen molar-refractivity contribution in [2.45, 2.75) is 58.5 Å². The van der Waals surface area contributed by atoms with Crippen LogP contribution in [0.5, 0.6) is 0 Å². The van der Waals surface area contributed by atoms with Crippen molar-refractivity contribution in [3.63, 3.8) is 0 Å². The van der Waals surface area contributed by atoms with Crippen LogP contribution in [0.15, 0.2) is 0 Å². The first-order valence-electron chi connectivity index (χ1n) is 6.00. The molecule has 1 saturated carbocycles. The molecular weight excluding hydrogens is 188 g/mol. The fraction of sp³-hybridized carbons (Fsp3) is 0.917. The van der Waals surface area contributed by atoms with Crippen LogP contribution in [0.25, 0.3) is 0 Å². The van der Waals surface area contributed by atoms with Crippen LogP contribution in [0, 0.1) is 5.92 Å². The third-order valence-electron chi connectivity index (χ3n) is 3.15. The van der Waals surface area contributed by atoms with Crippen LogP contribution in [-0.4, -0.2) is 24.0 Å². The minimum atomic E-state index is -0.0907. The zero-order chi connectivity index (χ0) is 11.5. The number of amides is 1. The molecule has 0 saturated heterocycles.